The molecule has 1 aromatic carbocycles. The summed E-state index contributed by atoms with van der Waals surface area (Å²) in [6.07, 6.45) is 5.07. The van der Waals surface area contributed by atoms with Crippen LogP contribution in [0.15, 0.2) is 29.2 Å². The molecule has 1 aliphatic rings. The van der Waals surface area contributed by atoms with E-state index in [9.17, 15) is 8.42 Å². The standard InChI is InChI=1S/C16H26N2O2S/c1-3-7-15-8-5-6-13-18(15)21(19,20)16-11-9-14(10-12-16)17-4-2/h9-12,15,17H,3-8,13H2,1-2H3. The number of sulfonamides is 1. The van der Waals surface area contributed by atoms with Crippen molar-refractivity contribution in [1.29, 1.82) is 0 Å². The van der Waals surface area contributed by atoms with Crippen LogP contribution in [-0.2, 0) is 10.0 Å². The molecule has 0 amide bonds. The second-order valence-corrected chi connectivity index (χ2v) is 7.50. The van der Waals surface area contributed by atoms with E-state index in [1.54, 1.807) is 16.4 Å². The van der Waals surface area contributed by atoms with Gasteiger partial charge in [-0.25, -0.2) is 8.42 Å². The predicted octanol–water partition coefficient (Wildman–Crippen LogP) is 3.46. The lowest BCUT2D eigenvalue weighted by Crippen LogP contribution is -2.43. The first-order valence-corrected chi connectivity index (χ1v) is 9.39. The molecule has 0 aliphatic carbocycles. The monoisotopic (exact) mass is 310 g/mol. The Kier molecular flexibility index (Phi) is 5.65. The number of piperidine rings is 1. The van der Waals surface area contributed by atoms with Crippen LogP contribution in [0.1, 0.15) is 46.0 Å². The highest BCUT2D eigenvalue weighted by Crippen LogP contribution is 2.28. The molecule has 5 heteroatoms. The molecule has 0 radical (unpaired) electrons. The summed E-state index contributed by atoms with van der Waals surface area (Å²) in [5.74, 6) is 0. The molecular weight excluding hydrogens is 284 g/mol. The normalized spacial score (nSPS) is 20.4. The Labute approximate surface area is 128 Å². The van der Waals surface area contributed by atoms with Gasteiger partial charge in [0.05, 0.1) is 4.90 Å². The van der Waals surface area contributed by atoms with E-state index in [0.29, 0.717) is 11.4 Å². The Morgan fingerprint density at radius 3 is 2.52 bits per heavy atom. The molecule has 0 spiro atoms. The van der Waals surface area contributed by atoms with Crippen molar-refractivity contribution in [2.24, 2.45) is 0 Å². The zero-order chi connectivity index (χ0) is 15.3. The van der Waals surface area contributed by atoms with Gasteiger partial charge in [-0.3, -0.25) is 0 Å². The molecule has 0 bridgehead atoms. The predicted molar refractivity (Wildman–Crippen MR) is 87.0 cm³/mol. The van der Waals surface area contributed by atoms with Gasteiger partial charge in [0, 0.05) is 24.8 Å². The molecule has 1 saturated heterocycles. The smallest absolute Gasteiger partial charge is 0.243 e. The lowest BCUT2D eigenvalue weighted by Gasteiger charge is -2.34. The number of benzene rings is 1. The summed E-state index contributed by atoms with van der Waals surface area (Å²) in [4.78, 5) is 0.409. The number of nitrogens with one attached hydrogen (secondary N) is 1. The highest BCUT2D eigenvalue weighted by atomic mass is 32.2. The van der Waals surface area contributed by atoms with Crippen molar-refractivity contribution < 1.29 is 8.42 Å². The van der Waals surface area contributed by atoms with Gasteiger partial charge in [-0.15, -0.1) is 0 Å². The largest absolute Gasteiger partial charge is 0.385 e. The molecule has 0 saturated carbocycles. The van der Waals surface area contributed by atoms with Gasteiger partial charge < -0.3 is 5.32 Å². The second-order valence-electron chi connectivity index (χ2n) is 5.61. The van der Waals surface area contributed by atoms with Crippen molar-refractivity contribution in [3.05, 3.63) is 24.3 Å². The van der Waals surface area contributed by atoms with E-state index in [-0.39, 0.29) is 6.04 Å². The van der Waals surface area contributed by atoms with E-state index in [2.05, 4.69) is 12.2 Å². The SMILES string of the molecule is CCCC1CCCCN1S(=O)(=O)c1ccc(NCC)cc1. The van der Waals surface area contributed by atoms with Gasteiger partial charge in [0.2, 0.25) is 10.0 Å². The Balaban J connectivity index is 2.22. The van der Waals surface area contributed by atoms with Crippen molar-refractivity contribution in [3.63, 3.8) is 0 Å². The zero-order valence-electron chi connectivity index (χ0n) is 13.0. The molecule has 1 fully saturated rings. The summed E-state index contributed by atoms with van der Waals surface area (Å²) >= 11 is 0. The van der Waals surface area contributed by atoms with Gasteiger partial charge in [-0.05, 0) is 50.5 Å². The molecule has 4 nitrogen and oxygen atoms in total. The highest BCUT2D eigenvalue weighted by Gasteiger charge is 2.32. The first-order valence-electron chi connectivity index (χ1n) is 7.95. The maximum atomic E-state index is 12.8. The van der Waals surface area contributed by atoms with Crippen LogP contribution in [0.25, 0.3) is 0 Å². The minimum absolute atomic E-state index is 0.169. The lowest BCUT2D eigenvalue weighted by atomic mass is 10.0. The van der Waals surface area contributed by atoms with Crippen molar-refractivity contribution >= 4 is 15.7 Å². The van der Waals surface area contributed by atoms with Gasteiger partial charge >= 0.3 is 0 Å². The van der Waals surface area contributed by atoms with Crippen LogP contribution in [0.4, 0.5) is 5.69 Å². The van der Waals surface area contributed by atoms with Crippen LogP contribution in [0.2, 0.25) is 0 Å². The molecule has 1 unspecified atom stereocenters. The number of hydrogen-bond acceptors (Lipinski definition) is 3. The topological polar surface area (TPSA) is 49.4 Å². The summed E-state index contributed by atoms with van der Waals surface area (Å²) in [5, 5.41) is 3.19. The van der Waals surface area contributed by atoms with Gasteiger partial charge in [0.25, 0.3) is 0 Å². The Morgan fingerprint density at radius 1 is 1.19 bits per heavy atom. The fourth-order valence-electron chi connectivity index (χ4n) is 3.00. The summed E-state index contributed by atoms with van der Waals surface area (Å²) in [6.45, 7) is 5.62. The van der Waals surface area contributed by atoms with E-state index in [0.717, 1.165) is 44.3 Å². The molecule has 0 aromatic heterocycles. The number of nitrogens with zero attached hydrogens (tertiary/aromatic N) is 1. The second kappa shape index (κ2) is 7.27. The van der Waals surface area contributed by atoms with Gasteiger partial charge in [-0.2, -0.15) is 4.31 Å². The minimum Gasteiger partial charge on any atom is -0.385 e. The summed E-state index contributed by atoms with van der Waals surface area (Å²) in [6, 6.07) is 7.28. The van der Waals surface area contributed by atoms with Crippen molar-refractivity contribution in [2.45, 2.75) is 56.9 Å². The zero-order valence-corrected chi connectivity index (χ0v) is 13.8. The van der Waals surface area contributed by atoms with E-state index in [1.807, 2.05) is 19.1 Å². The molecule has 1 aromatic rings. The Morgan fingerprint density at radius 2 is 1.90 bits per heavy atom. The van der Waals surface area contributed by atoms with Crippen LogP contribution in [0.5, 0.6) is 0 Å². The quantitative estimate of drug-likeness (QED) is 0.875. The number of rotatable bonds is 6. The maximum Gasteiger partial charge on any atom is 0.243 e. The Hall–Kier alpha value is -1.07. The van der Waals surface area contributed by atoms with Crippen molar-refractivity contribution in [1.82, 2.24) is 4.31 Å². The summed E-state index contributed by atoms with van der Waals surface area (Å²) in [5.41, 5.74) is 0.959. The first kappa shape index (κ1) is 16.3. The summed E-state index contributed by atoms with van der Waals surface area (Å²) < 4.78 is 27.4. The lowest BCUT2D eigenvalue weighted by molar-refractivity contribution is 0.239. The summed E-state index contributed by atoms with van der Waals surface area (Å²) in [7, 11) is -3.36. The first-order chi connectivity index (χ1) is 10.1. The van der Waals surface area contributed by atoms with E-state index < -0.39 is 10.0 Å². The fourth-order valence-corrected chi connectivity index (χ4v) is 4.72. The molecule has 1 heterocycles. The molecule has 21 heavy (non-hydrogen) atoms. The third-order valence-electron chi connectivity index (χ3n) is 4.04. The average Bonchev–Trinajstić information content (AvgIpc) is 2.49. The van der Waals surface area contributed by atoms with E-state index in [1.165, 1.54) is 0 Å². The van der Waals surface area contributed by atoms with Crippen molar-refractivity contribution in [2.75, 3.05) is 18.4 Å². The van der Waals surface area contributed by atoms with Gasteiger partial charge in [0.15, 0.2) is 0 Å². The molecule has 1 aliphatic heterocycles. The molecular formula is C16H26N2O2S. The van der Waals surface area contributed by atoms with Crippen LogP contribution < -0.4 is 5.32 Å². The minimum atomic E-state index is -3.36. The van der Waals surface area contributed by atoms with Crippen LogP contribution in [0.3, 0.4) is 0 Å². The highest BCUT2D eigenvalue weighted by molar-refractivity contribution is 7.89. The molecule has 1 atom stereocenters. The van der Waals surface area contributed by atoms with E-state index in [4.69, 9.17) is 0 Å². The maximum absolute atomic E-state index is 12.8. The van der Waals surface area contributed by atoms with Gasteiger partial charge in [-0.1, -0.05) is 19.8 Å². The van der Waals surface area contributed by atoms with E-state index >= 15 is 0 Å². The van der Waals surface area contributed by atoms with Gasteiger partial charge in [0.1, 0.15) is 0 Å². The number of hydrogen-bond donors (Lipinski definition) is 1. The molecule has 1 N–H and O–H groups in total. The Bertz CT molecular complexity index is 538. The third-order valence-corrected chi connectivity index (χ3v) is 6.00. The molecule has 118 valence electrons. The van der Waals surface area contributed by atoms with Crippen molar-refractivity contribution in [3.8, 4) is 0 Å². The molecule has 2 rings (SSSR count). The number of anilines is 1. The van der Waals surface area contributed by atoms with Crippen LogP contribution >= 0.6 is 0 Å². The average molecular weight is 310 g/mol. The third kappa shape index (κ3) is 3.77. The van der Waals surface area contributed by atoms with Crippen LogP contribution in [-0.4, -0.2) is 31.9 Å². The fraction of sp³-hybridized carbons (Fsp3) is 0.625. The van der Waals surface area contributed by atoms with Crippen LogP contribution in [0, 0.1) is 0 Å².